The number of amides is 1. The standard InChI is InChI=1S/C17H15N3O4S2/c1-10-12(8-13-16(24)19(9-14(21)22)17(25)26-13)15(23)20(18(10)2)11-6-4-3-5-7-11/h3-8H,9H2,1-2H3,(H,21,22)/b13-8+. The summed E-state index contributed by atoms with van der Waals surface area (Å²) in [6.07, 6.45) is 1.48. The predicted octanol–water partition coefficient (Wildman–Crippen LogP) is 1.77. The lowest BCUT2D eigenvalue weighted by molar-refractivity contribution is -0.140. The van der Waals surface area contributed by atoms with Crippen LogP contribution in [0.25, 0.3) is 11.8 Å². The number of aliphatic carboxylic acids is 1. The van der Waals surface area contributed by atoms with Crippen LogP contribution in [0.1, 0.15) is 11.3 Å². The van der Waals surface area contributed by atoms with E-state index in [9.17, 15) is 14.4 Å². The Kier molecular flexibility index (Phi) is 4.84. The summed E-state index contributed by atoms with van der Waals surface area (Å²) < 4.78 is 3.39. The van der Waals surface area contributed by atoms with Gasteiger partial charge in [-0.1, -0.05) is 42.2 Å². The van der Waals surface area contributed by atoms with Crippen LogP contribution in [-0.4, -0.2) is 42.1 Å². The van der Waals surface area contributed by atoms with Gasteiger partial charge in [0, 0.05) is 12.7 Å². The minimum Gasteiger partial charge on any atom is -0.480 e. The fraction of sp³-hybridized carbons (Fsp3) is 0.176. The van der Waals surface area contributed by atoms with Crippen LogP contribution in [0.3, 0.4) is 0 Å². The van der Waals surface area contributed by atoms with E-state index in [4.69, 9.17) is 17.3 Å². The van der Waals surface area contributed by atoms with E-state index in [1.165, 1.54) is 10.8 Å². The first-order valence-electron chi connectivity index (χ1n) is 7.62. The van der Waals surface area contributed by atoms with Gasteiger partial charge in [0.2, 0.25) is 0 Å². The normalized spacial score (nSPS) is 15.9. The molecule has 0 bridgehead atoms. The van der Waals surface area contributed by atoms with Crippen LogP contribution < -0.4 is 5.56 Å². The van der Waals surface area contributed by atoms with Gasteiger partial charge >= 0.3 is 5.97 Å². The zero-order chi connectivity index (χ0) is 19.0. The minimum atomic E-state index is -1.15. The van der Waals surface area contributed by atoms with Crippen molar-refractivity contribution < 1.29 is 14.7 Å². The second-order valence-corrected chi connectivity index (χ2v) is 7.31. The average Bonchev–Trinajstić information content (AvgIpc) is 2.98. The van der Waals surface area contributed by atoms with Crippen LogP contribution in [0.15, 0.2) is 40.0 Å². The van der Waals surface area contributed by atoms with Crippen LogP contribution in [-0.2, 0) is 16.6 Å². The molecule has 26 heavy (non-hydrogen) atoms. The molecule has 134 valence electrons. The lowest BCUT2D eigenvalue weighted by Crippen LogP contribution is -2.33. The molecular weight excluding hydrogens is 374 g/mol. The zero-order valence-corrected chi connectivity index (χ0v) is 15.6. The topological polar surface area (TPSA) is 84.5 Å². The number of hydrogen-bond donors (Lipinski definition) is 1. The van der Waals surface area contributed by atoms with Gasteiger partial charge in [0.25, 0.3) is 11.5 Å². The molecule has 1 amide bonds. The molecule has 2 aromatic rings. The van der Waals surface area contributed by atoms with Crippen LogP contribution in [0.2, 0.25) is 0 Å². The van der Waals surface area contributed by atoms with Crippen LogP contribution in [0, 0.1) is 6.92 Å². The van der Waals surface area contributed by atoms with Crippen molar-refractivity contribution in [2.75, 3.05) is 6.54 Å². The molecule has 0 aliphatic carbocycles. The summed E-state index contributed by atoms with van der Waals surface area (Å²) in [7, 11) is 1.76. The maximum atomic E-state index is 12.9. The molecule has 1 N–H and O–H groups in total. The van der Waals surface area contributed by atoms with E-state index >= 15 is 0 Å². The molecule has 3 rings (SSSR count). The Morgan fingerprint density at radius 3 is 2.54 bits per heavy atom. The molecule has 0 saturated carbocycles. The molecule has 2 heterocycles. The molecule has 0 unspecified atom stereocenters. The number of para-hydroxylation sites is 1. The van der Waals surface area contributed by atoms with Crippen molar-refractivity contribution in [3.63, 3.8) is 0 Å². The summed E-state index contributed by atoms with van der Waals surface area (Å²) in [6.45, 7) is 1.29. The Labute approximate surface area is 158 Å². The van der Waals surface area contributed by atoms with Crippen molar-refractivity contribution in [3.05, 3.63) is 56.8 Å². The first-order chi connectivity index (χ1) is 12.3. The molecule has 1 saturated heterocycles. The number of carbonyl (C=O) groups is 2. The molecule has 1 fully saturated rings. The predicted molar refractivity (Wildman–Crippen MR) is 103 cm³/mol. The Morgan fingerprint density at radius 2 is 1.92 bits per heavy atom. The lowest BCUT2D eigenvalue weighted by atomic mass is 10.2. The third kappa shape index (κ3) is 3.11. The van der Waals surface area contributed by atoms with E-state index in [1.807, 2.05) is 30.3 Å². The highest BCUT2D eigenvalue weighted by atomic mass is 32.2. The Morgan fingerprint density at radius 1 is 1.27 bits per heavy atom. The maximum Gasteiger partial charge on any atom is 0.323 e. The number of aromatic nitrogens is 2. The summed E-state index contributed by atoms with van der Waals surface area (Å²) in [5.41, 5.74) is 1.50. The number of carboxylic acids is 1. The van der Waals surface area contributed by atoms with E-state index in [0.29, 0.717) is 16.9 Å². The van der Waals surface area contributed by atoms with Gasteiger partial charge in [-0.15, -0.1) is 0 Å². The highest BCUT2D eigenvalue weighted by molar-refractivity contribution is 8.26. The molecule has 0 atom stereocenters. The average molecular weight is 389 g/mol. The SMILES string of the molecule is Cc1c(/C=C2/SC(=S)N(CC(=O)O)C2=O)c(=O)n(-c2ccccc2)n1C. The third-order valence-corrected chi connectivity index (χ3v) is 5.42. The summed E-state index contributed by atoms with van der Waals surface area (Å²) in [4.78, 5) is 37.4. The first-order valence-corrected chi connectivity index (χ1v) is 8.85. The number of thioether (sulfide) groups is 1. The van der Waals surface area contributed by atoms with Gasteiger partial charge in [-0.2, -0.15) is 0 Å². The highest BCUT2D eigenvalue weighted by Gasteiger charge is 2.34. The number of rotatable bonds is 4. The number of benzene rings is 1. The quantitative estimate of drug-likeness (QED) is 0.634. The van der Waals surface area contributed by atoms with E-state index in [2.05, 4.69) is 0 Å². The van der Waals surface area contributed by atoms with Crippen molar-refractivity contribution in [2.24, 2.45) is 7.05 Å². The summed E-state index contributed by atoms with van der Waals surface area (Å²) in [5.74, 6) is -1.65. The number of nitrogens with zero attached hydrogens (tertiary/aromatic N) is 3. The minimum absolute atomic E-state index is 0.167. The molecule has 1 aliphatic heterocycles. The van der Waals surface area contributed by atoms with Crippen molar-refractivity contribution in [2.45, 2.75) is 6.92 Å². The maximum absolute atomic E-state index is 12.9. The van der Waals surface area contributed by atoms with Gasteiger partial charge in [-0.3, -0.25) is 24.0 Å². The van der Waals surface area contributed by atoms with Crippen molar-refractivity contribution in [3.8, 4) is 5.69 Å². The summed E-state index contributed by atoms with van der Waals surface area (Å²) >= 11 is 6.07. The van der Waals surface area contributed by atoms with Gasteiger partial charge in [-0.25, -0.2) is 4.68 Å². The van der Waals surface area contributed by atoms with Crippen molar-refractivity contribution in [1.82, 2.24) is 14.3 Å². The molecule has 1 aliphatic rings. The van der Waals surface area contributed by atoms with Crippen molar-refractivity contribution in [1.29, 1.82) is 0 Å². The second-order valence-electron chi connectivity index (χ2n) is 5.64. The Bertz CT molecular complexity index is 1010. The number of thiocarbonyl (C=S) groups is 1. The van der Waals surface area contributed by atoms with Gasteiger partial charge in [0.05, 0.1) is 16.2 Å². The number of carbonyl (C=O) groups excluding carboxylic acids is 1. The monoisotopic (exact) mass is 389 g/mol. The van der Waals surface area contributed by atoms with Gasteiger partial charge in [0.15, 0.2) is 0 Å². The fourth-order valence-electron chi connectivity index (χ4n) is 2.66. The second kappa shape index (κ2) is 6.93. The molecule has 1 aromatic carbocycles. The summed E-state index contributed by atoms with van der Waals surface area (Å²) in [5, 5.41) is 8.90. The largest absolute Gasteiger partial charge is 0.480 e. The van der Waals surface area contributed by atoms with Crippen LogP contribution in [0.4, 0.5) is 0 Å². The lowest BCUT2D eigenvalue weighted by Gasteiger charge is -2.10. The highest BCUT2D eigenvalue weighted by Crippen LogP contribution is 2.32. The van der Waals surface area contributed by atoms with Gasteiger partial charge in [-0.05, 0) is 25.1 Å². The van der Waals surface area contributed by atoms with Crippen LogP contribution >= 0.6 is 24.0 Å². The van der Waals surface area contributed by atoms with Gasteiger partial charge in [0.1, 0.15) is 10.9 Å². The molecule has 1 aromatic heterocycles. The fourth-order valence-corrected chi connectivity index (χ4v) is 3.89. The smallest absolute Gasteiger partial charge is 0.323 e. The zero-order valence-electron chi connectivity index (χ0n) is 14.0. The van der Waals surface area contributed by atoms with Crippen molar-refractivity contribution >= 4 is 46.3 Å². The molecule has 0 spiro atoms. The van der Waals surface area contributed by atoms with Gasteiger partial charge < -0.3 is 5.11 Å². The number of hydrogen-bond acceptors (Lipinski definition) is 5. The Hall–Kier alpha value is -2.65. The van der Waals surface area contributed by atoms with E-state index < -0.39 is 18.4 Å². The van der Waals surface area contributed by atoms with Crippen LogP contribution in [0.5, 0.6) is 0 Å². The molecule has 0 radical (unpaired) electrons. The molecular formula is C17H15N3O4S2. The first kappa shape index (κ1) is 18.2. The van der Waals surface area contributed by atoms with E-state index in [0.717, 1.165) is 16.7 Å². The summed E-state index contributed by atoms with van der Waals surface area (Å²) in [6, 6.07) is 9.16. The van der Waals surface area contributed by atoms with E-state index in [-0.39, 0.29) is 14.8 Å². The molecule has 7 nitrogen and oxygen atoms in total. The molecule has 9 heteroatoms. The Balaban J connectivity index is 2.05. The van der Waals surface area contributed by atoms with E-state index in [1.54, 1.807) is 18.7 Å². The third-order valence-electron chi connectivity index (χ3n) is 4.04. The number of carboxylic acid groups (broad SMARTS) is 1.